The van der Waals surface area contributed by atoms with Crippen LogP contribution >= 0.6 is 0 Å². The fraction of sp³-hybridized carbons (Fsp3) is 0.588. The normalized spacial score (nSPS) is 16.0. The Morgan fingerprint density at radius 2 is 2.19 bits per heavy atom. The van der Waals surface area contributed by atoms with Crippen LogP contribution in [0.2, 0.25) is 0 Å². The van der Waals surface area contributed by atoms with Gasteiger partial charge in [-0.3, -0.25) is 4.79 Å². The lowest BCUT2D eigenvalue weighted by molar-refractivity contribution is -0.116. The molecule has 21 heavy (non-hydrogen) atoms. The smallest absolute Gasteiger partial charge is 0.224 e. The third kappa shape index (κ3) is 4.46. The molecule has 1 fully saturated rings. The van der Waals surface area contributed by atoms with Crippen molar-refractivity contribution in [3.05, 3.63) is 23.8 Å². The van der Waals surface area contributed by atoms with Crippen molar-refractivity contribution in [2.24, 2.45) is 5.92 Å². The van der Waals surface area contributed by atoms with E-state index in [2.05, 4.69) is 24.2 Å². The number of hydrogen-bond donors (Lipinski definition) is 2. The summed E-state index contributed by atoms with van der Waals surface area (Å²) >= 11 is 0. The second kappa shape index (κ2) is 6.94. The highest BCUT2D eigenvalue weighted by Crippen LogP contribution is 2.34. The molecule has 4 nitrogen and oxygen atoms in total. The third-order valence-corrected chi connectivity index (χ3v) is 4.56. The molecule has 4 heteroatoms. The first-order chi connectivity index (χ1) is 9.99. The summed E-state index contributed by atoms with van der Waals surface area (Å²) in [6.45, 7) is 5.19. The van der Waals surface area contributed by atoms with Gasteiger partial charge in [0.1, 0.15) is 0 Å². The van der Waals surface area contributed by atoms with E-state index in [1.165, 1.54) is 12.8 Å². The van der Waals surface area contributed by atoms with Gasteiger partial charge in [0.05, 0.1) is 0 Å². The van der Waals surface area contributed by atoms with Gasteiger partial charge in [-0.05, 0) is 70.3 Å². The number of nitrogens with one attached hydrogen (secondary N) is 1. The molecule has 3 N–H and O–H groups in total. The van der Waals surface area contributed by atoms with Gasteiger partial charge in [-0.15, -0.1) is 0 Å². The number of carbonyl (C=O) groups is 1. The number of carbonyl (C=O) groups excluding carboxylic acids is 1. The molecule has 1 aromatic rings. The molecule has 2 rings (SSSR count). The van der Waals surface area contributed by atoms with Crippen molar-refractivity contribution in [2.75, 3.05) is 24.6 Å². The Hall–Kier alpha value is -1.55. The van der Waals surface area contributed by atoms with E-state index in [4.69, 9.17) is 5.73 Å². The first kappa shape index (κ1) is 15.8. The molecule has 1 amide bonds. The second-order valence-electron chi connectivity index (χ2n) is 6.23. The second-order valence-corrected chi connectivity index (χ2v) is 6.23. The lowest BCUT2D eigenvalue weighted by Gasteiger charge is -2.24. The molecule has 0 saturated heterocycles. The van der Waals surface area contributed by atoms with Gasteiger partial charge in [-0.1, -0.05) is 6.07 Å². The molecule has 1 aliphatic carbocycles. The number of nitrogens with two attached hydrogens (primary N) is 1. The molecule has 0 spiro atoms. The van der Waals surface area contributed by atoms with Crippen LogP contribution in [0.25, 0.3) is 0 Å². The zero-order chi connectivity index (χ0) is 15.4. The summed E-state index contributed by atoms with van der Waals surface area (Å²) in [6, 6.07) is 6.25. The molecule has 1 aliphatic rings. The maximum Gasteiger partial charge on any atom is 0.224 e. The fourth-order valence-electron chi connectivity index (χ4n) is 2.63. The van der Waals surface area contributed by atoms with Gasteiger partial charge >= 0.3 is 0 Å². The van der Waals surface area contributed by atoms with E-state index in [0.717, 1.165) is 30.1 Å². The van der Waals surface area contributed by atoms with E-state index < -0.39 is 0 Å². The van der Waals surface area contributed by atoms with Gasteiger partial charge in [0.15, 0.2) is 0 Å². The predicted octanol–water partition coefficient (Wildman–Crippen LogP) is 3.03. The van der Waals surface area contributed by atoms with E-state index in [1.807, 2.05) is 25.1 Å². The number of amides is 1. The van der Waals surface area contributed by atoms with Crippen molar-refractivity contribution in [3.63, 3.8) is 0 Å². The van der Waals surface area contributed by atoms with Crippen LogP contribution in [0.3, 0.4) is 0 Å². The lowest BCUT2D eigenvalue weighted by atomic mass is 10.1. The van der Waals surface area contributed by atoms with Gasteiger partial charge < -0.3 is 16.0 Å². The van der Waals surface area contributed by atoms with Crippen molar-refractivity contribution in [2.45, 2.75) is 45.6 Å². The number of hydrogen-bond acceptors (Lipinski definition) is 3. The van der Waals surface area contributed by atoms with Crippen molar-refractivity contribution in [1.29, 1.82) is 0 Å². The Morgan fingerprint density at radius 1 is 1.48 bits per heavy atom. The van der Waals surface area contributed by atoms with Gasteiger partial charge in [-0.2, -0.15) is 0 Å². The molecule has 1 aromatic carbocycles. The van der Waals surface area contributed by atoms with E-state index in [0.29, 0.717) is 18.2 Å². The van der Waals surface area contributed by atoms with Crippen molar-refractivity contribution in [3.8, 4) is 0 Å². The van der Waals surface area contributed by atoms with Crippen LogP contribution in [0.15, 0.2) is 18.2 Å². The van der Waals surface area contributed by atoms with Crippen molar-refractivity contribution < 1.29 is 4.79 Å². The maximum atomic E-state index is 12.0. The van der Waals surface area contributed by atoms with Crippen LogP contribution in [0.1, 0.15) is 38.2 Å². The molecular formula is C17H27N3O. The average molecular weight is 289 g/mol. The van der Waals surface area contributed by atoms with Crippen LogP contribution < -0.4 is 11.1 Å². The van der Waals surface area contributed by atoms with Crippen LogP contribution in [0.4, 0.5) is 11.4 Å². The summed E-state index contributed by atoms with van der Waals surface area (Å²) in [5.41, 5.74) is 8.31. The van der Waals surface area contributed by atoms with Crippen molar-refractivity contribution in [1.82, 2.24) is 4.90 Å². The van der Waals surface area contributed by atoms with Gasteiger partial charge in [0.2, 0.25) is 5.91 Å². The monoisotopic (exact) mass is 289 g/mol. The zero-order valence-corrected chi connectivity index (χ0v) is 13.4. The maximum absolute atomic E-state index is 12.0. The number of nitrogen functional groups attached to an aromatic ring is 1. The van der Waals surface area contributed by atoms with Crippen LogP contribution in [-0.4, -0.2) is 30.4 Å². The summed E-state index contributed by atoms with van der Waals surface area (Å²) in [4.78, 5) is 14.4. The van der Waals surface area contributed by atoms with Crippen molar-refractivity contribution >= 4 is 17.3 Å². The highest BCUT2D eigenvalue weighted by molar-refractivity contribution is 5.92. The number of anilines is 2. The number of nitrogens with zero attached hydrogens (tertiary/aromatic N) is 1. The van der Waals surface area contributed by atoms with Crippen LogP contribution in [0, 0.1) is 12.8 Å². The van der Waals surface area contributed by atoms with E-state index in [9.17, 15) is 4.79 Å². The highest BCUT2D eigenvalue weighted by atomic mass is 16.1. The van der Waals surface area contributed by atoms with Crippen LogP contribution in [-0.2, 0) is 4.79 Å². The summed E-state index contributed by atoms with van der Waals surface area (Å²) in [7, 11) is 2.16. The average Bonchev–Trinajstić information content (AvgIpc) is 3.27. The molecule has 0 bridgehead atoms. The molecule has 0 heterocycles. The molecule has 0 aromatic heterocycles. The largest absolute Gasteiger partial charge is 0.398 e. The zero-order valence-electron chi connectivity index (χ0n) is 13.4. The predicted molar refractivity (Wildman–Crippen MR) is 88.3 cm³/mol. The minimum atomic E-state index is 0.0659. The topological polar surface area (TPSA) is 58.4 Å². The SMILES string of the molecule is Cc1c(N)cccc1NC(=O)CCCN(C)C(C)C1CC1. The van der Waals surface area contributed by atoms with E-state index >= 15 is 0 Å². The summed E-state index contributed by atoms with van der Waals surface area (Å²) in [5.74, 6) is 0.940. The molecule has 1 unspecified atom stereocenters. The quantitative estimate of drug-likeness (QED) is 0.759. The molecule has 0 aliphatic heterocycles. The Morgan fingerprint density at radius 3 is 2.86 bits per heavy atom. The van der Waals surface area contributed by atoms with Gasteiger partial charge in [0.25, 0.3) is 0 Å². The standard InChI is InChI=1S/C17H27N3O/c1-12-15(18)6-4-7-16(12)19-17(21)8-5-11-20(3)13(2)14-9-10-14/h4,6-7,13-14H,5,8-11,18H2,1-3H3,(H,19,21). The third-order valence-electron chi connectivity index (χ3n) is 4.56. The van der Waals surface area contributed by atoms with Gasteiger partial charge in [0, 0.05) is 23.8 Å². The number of rotatable bonds is 7. The lowest BCUT2D eigenvalue weighted by Crippen LogP contribution is -2.32. The summed E-state index contributed by atoms with van der Waals surface area (Å²) < 4.78 is 0. The van der Waals surface area contributed by atoms with Crippen LogP contribution in [0.5, 0.6) is 0 Å². The molecule has 0 radical (unpaired) electrons. The molecule has 1 atom stereocenters. The Kier molecular flexibility index (Phi) is 5.23. The minimum absolute atomic E-state index is 0.0659. The Labute approximate surface area is 127 Å². The first-order valence-electron chi connectivity index (χ1n) is 7.84. The number of benzene rings is 1. The van der Waals surface area contributed by atoms with Gasteiger partial charge in [-0.25, -0.2) is 0 Å². The van der Waals surface area contributed by atoms with E-state index in [-0.39, 0.29) is 5.91 Å². The first-order valence-corrected chi connectivity index (χ1v) is 7.84. The molecule has 1 saturated carbocycles. The summed E-state index contributed by atoms with van der Waals surface area (Å²) in [5, 5.41) is 2.95. The Balaban J connectivity index is 1.73. The molecular weight excluding hydrogens is 262 g/mol. The minimum Gasteiger partial charge on any atom is -0.398 e. The summed E-state index contributed by atoms with van der Waals surface area (Å²) in [6.07, 6.45) is 4.16. The Bertz CT molecular complexity index is 497. The molecule has 116 valence electrons. The fourth-order valence-corrected chi connectivity index (χ4v) is 2.63. The highest BCUT2D eigenvalue weighted by Gasteiger charge is 2.30. The van der Waals surface area contributed by atoms with E-state index in [1.54, 1.807) is 0 Å².